The number of hydrogen-bond acceptors (Lipinski definition) is 2. The van der Waals surface area contributed by atoms with Gasteiger partial charge in [0.25, 0.3) is 0 Å². The molecule has 1 aromatic carbocycles. The van der Waals surface area contributed by atoms with Gasteiger partial charge in [0.2, 0.25) is 0 Å². The van der Waals surface area contributed by atoms with Crippen LogP contribution in [0.2, 0.25) is 0 Å². The first kappa shape index (κ1) is 14.9. The highest BCUT2D eigenvalue weighted by Crippen LogP contribution is 2.33. The minimum Gasteiger partial charge on any atom is -0.387 e. The van der Waals surface area contributed by atoms with E-state index >= 15 is 0 Å². The molecule has 0 aromatic heterocycles. The van der Waals surface area contributed by atoms with Crippen molar-refractivity contribution in [2.75, 3.05) is 5.75 Å². The second-order valence-electron chi connectivity index (χ2n) is 4.13. The Morgan fingerprint density at radius 1 is 1.39 bits per heavy atom. The number of aryl methyl sites for hydroxylation is 2. The third kappa shape index (κ3) is 3.94. The number of amidine groups is 1. The molecular weight excluding hydrogens is 261 g/mol. The van der Waals surface area contributed by atoms with Crippen LogP contribution in [0.25, 0.3) is 0 Å². The van der Waals surface area contributed by atoms with Gasteiger partial charge in [-0.25, -0.2) is 0 Å². The lowest BCUT2D eigenvalue weighted by atomic mass is 10.1. The van der Waals surface area contributed by atoms with Crippen LogP contribution < -0.4 is 5.73 Å². The maximum atomic E-state index is 12.6. The molecule has 18 heavy (non-hydrogen) atoms. The fourth-order valence-corrected chi connectivity index (χ4v) is 2.68. The number of benzene rings is 1. The van der Waals surface area contributed by atoms with Crippen molar-refractivity contribution < 1.29 is 13.2 Å². The van der Waals surface area contributed by atoms with Crippen molar-refractivity contribution in [3.8, 4) is 0 Å². The first-order valence-corrected chi connectivity index (χ1v) is 6.31. The zero-order valence-corrected chi connectivity index (χ0v) is 11.0. The van der Waals surface area contributed by atoms with Gasteiger partial charge in [-0.05, 0) is 25.5 Å². The molecule has 1 unspecified atom stereocenters. The van der Waals surface area contributed by atoms with E-state index in [4.69, 9.17) is 11.1 Å². The Hall–Kier alpha value is -1.17. The zero-order valence-electron chi connectivity index (χ0n) is 10.1. The molecule has 0 aliphatic heterocycles. The summed E-state index contributed by atoms with van der Waals surface area (Å²) in [5.74, 6) is -2.98. The van der Waals surface area contributed by atoms with E-state index in [1.807, 2.05) is 32.0 Å². The summed E-state index contributed by atoms with van der Waals surface area (Å²) >= 11 is 1.08. The molecule has 1 rings (SSSR count). The van der Waals surface area contributed by atoms with E-state index in [1.165, 1.54) is 0 Å². The third-order valence-electron chi connectivity index (χ3n) is 2.52. The fourth-order valence-electron chi connectivity index (χ4n) is 1.40. The van der Waals surface area contributed by atoms with Gasteiger partial charge in [-0.2, -0.15) is 13.2 Å². The van der Waals surface area contributed by atoms with Crippen LogP contribution in [-0.2, 0) is 0 Å². The van der Waals surface area contributed by atoms with Gasteiger partial charge in [-0.15, -0.1) is 11.8 Å². The molecule has 0 heterocycles. The van der Waals surface area contributed by atoms with E-state index in [0.717, 1.165) is 27.8 Å². The van der Waals surface area contributed by atoms with Crippen LogP contribution in [0.5, 0.6) is 0 Å². The lowest BCUT2D eigenvalue weighted by molar-refractivity contribution is -0.149. The van der Waals surface area contributed by atoms with Crippen molar-refractivity contribution in [1.82, 2.24) is 0 Å². The molecule has 0 bridgehead atoms. The third-order valence-corrected chi connectivity index (χ3v) is 3.77. The first-order chi connectivity index (χ1) is 8.21. The fraction of sp³-hybridized carbons (Fsp3) is 0.417. The predicted octanol–water partition coefficient (Wildman–Crippen LogP) is 3.51. The molecule has 0 saturated carbocycles. The van der Waals surface area contributed by atoms with Crippen molar-refractivity contribution in [1.29, 1.82) is 5.41 Å². The standard InChI is InChI=1S/C12H15F3N2S/c1-7-3-4-8(2)10(5-7)18-6-9(11(16)17)12(13,14)15/h3-5,9H,6H2,1-2H3,(H3,16,17). The molecule has 6 heteroatoms. The topological polar surface area (TPSA) is 49.9 Å². The summed E-state index contributed by atoms with van der Waals surface area (Å²) in [6.45, 7) is 3.73. The number of halogens is 3. The van der Waals surface area contributed by atoms with Gasteiger partial charge < -0.3 is 5.73 Å². The van der Waals surface area contributed by atoms with Crippen molar-refractivity contribution in [2.24, 2.45) is 11.7 Å². The predicted molar refractivity (Wildman–Crippen MR) is 68.1 cm³/mol. The van der Waals surface area contributed by atoms with Crippen molar-refractivity contribution in [3.63, 3.8) is 0 Å². The van der Waals surface area contributed by atoms with Gasteiger partial charge in [-0.3, -0.25) is 5.41 Å². The number of nitrogens with two attached hydrogens (primary N) is 1. The highest BCUT2D eigenvalue weighted by atomic mass is 32.2. The molecule has 3 N–H and O–H groups in total. The maximum absolute atomic E-state index is 12.6. The summed E-state index contributed by atoms with van der Waals surface area (Å²) in [4.78, 5) is 0.797. The lowest BCUT2D eigenvalue weighted by Crippen LogP contribution is -2.36. The van der Waals surface area contributed by atoms with Gasteiger partial charge in [0.15, 0.2) is 0 Å². The Labute approximate surface area is 108 Å². The Bertz CT molecular complexity index is 443. The SMILES string of the molecule is Cc1ccc(C)c(SCC(C(=N)N)C(F)(F)F)c1. The van der Waals surface area contributed by atoms with Crippen LogP contribution >= 0.6 is 11.8 Å². The highest BCUT2D eigenvalue weighted by Gasteiger charge is 2.41. The summed E-state index contributed by atoms with van der Waals surface area (Å²) in [6.07, 6.45) is -4.46. The largest absolute Gasteiger partial charge is 0.399 e. The van der Waals surface area contributed by atoms with E-state index in [-0.39, 0.29) is 5.75 Å². The average Bonchev–Trinajstić information content (AvgIpc) is 2.20. The van der Waals surface area contributed by atoms with Crippen LogP contribution in [0.3, 0.4) is 0 Å². The lowest BCUT2D eigenvalue weighted by Gasteiger charge is -2.18. The number of nitrogens with one attached hydrogen (secondary N) is 1. The van der Waals surface area contributed by atoms with Gasteiger partial charge in [-0.1, -0.05) is 17.7 Å². The summed E-state index contributed by atoms with van der Waals surface area (Å²) in [5.41, 5.74) is 6.93. The molecule has 2 nitrogen and oxygen atoms in total. The summed E-state index contributed by atoms with van der Waals surface area (Å²) in [5, 5.41) is 7.01. The van der Waals surface area contributed by atoms with E-state index < -0.39 is 17.9 Å². The summed E-state index contributed by atoms with van der Waals surface area (Å²) < 4.78 is 37.9. The van der Waals surface area contributed by atoms with Gasteiger partial charge in [0.1, 0.15) is 11.8 Å². The molecular formula is C12H15F3N2S. The molecule has 0 saturated heterocycles. The molecule has 0 aliphatic rings. The van der Waals surface area contributed by atoms with Crippen LogP contribution in [0.4, 0.5) is 13.2 Å². The minimum absolute atomic E-state index is 0.261. The summed E-state index contributed by atoms with van der Waals surface area (Å²) in [6, 6.07) is 5.62. The molecule has 0 fully saturated rings. The molecule has 0 radical (unpaired) electrons. The van der Waals surface area contributed by atoms with Gasteiger partial charge in [0, 0.05) is 10.6 Å². The molecule has 1 aromatic rings. The van der Waals surface area contributed by atoms with Crippen molar-refractivity contribution >= 4 is 17.6 Å². The number of thioether (sulfide) groups is 1. The molecule has 100 valence electrons. The average molecular weight is 276 g/mol. The maximum Gasteiger partial charge on any atom is 0.399 e. The second-order valence-corrected chi connectivity index (χ2v) is 5.19. The normalized spacial score (nSPS) is 13.4. The van der Waals surface area contributed by atoms with E-state index in [1.54, 1.807) is 0 Å². The Morgan fingerprint density at radius 2 is 2.00 bits per heavy atom. The van der Waals surface area contributed by atoms with E-state index in [2.05, 4.69) is 0 Å². The Balaban J connectivity index is 2.79. The second kappa shape index (κ2) is 5.65. The Morgan fingerprint density at radius 3 is 2.50 bits per heavy atom. The molecule has 0 spiro atoms. The highest BCUT2D eigenvalue weighted by molar-refractivity contribution is 7.99. The minimum atomic E-state index is -4.46. The van der Waals surface area contributed by atoms with Gasteiger partial charge in [0.05, 0.1) is 0 Å². The smallest absolute Gasteiger partial charge is 0.387 e. The van der Waals surface area contributed by atoms with E-state index in [9.17, 15) is 13.2 Å². The molecule has 1 atom stereocenters. The van der Waals surface area contributed by atoms with Crippen molar-refractivity contribution in [2.45, 2.75) is 24.9 Å². The first-order valence-electron chi connectivity index (χ1n) is 5.32. The van der Waals surface area contributed by atoms with Gasteiger partial charge >= 0.3 is 6.18 Å². The zero-order chi connectivity index (χ0) is 13.9. The number of rotatable bonds is 4. The molecule has 0 amide bonds. The number of hydrogen-bond donors (Lipinski definition) is 2. The van der Waals surface area contributed by atoms with E-state index in [0.29, 0.717) is 0 Å². The monoisotopic (exact) mass is 276 g/mol. The number of alkyl halides is 3. The van der Waals surface area contributed by atoms with Crippen LogP contribution in [0.15, 0.2) is 23.1 Å². The van der Waals surface area contributed by atoms with Crippen LogP contribution in [0, 0.1) is 25.2 Å². The quantitative estimate of drug-likeness (QED) is 0.502. The Kier molecular flexibility index (Phi) is 4.67. The van der Waals surface area contributed by atoms with Crippen molar-refractivity contribution in [3.05, 3.63) is 29.3 Å². The molecule has 0 aliphatic carbocycles. The summed E-state index contributed by atoms with van der Waals surface area (Å²) in [7, 11) is 0. The van der Waals surface area contributed by atoms with Crippen LogP contribution in [-0.4, -0.2) is 17.8 Å². The van der Waals surface area contributed by atoms with Crippen LogP contribution in [0.1, 0.15) is 11.1 Å².